The Kier molecular flexibility index (Phi) is 6.36. The summed E-state index contributed by atoms with van der Waals surface area (Å²) in [5, 5.41) is 2.90. The molecule has 0 saturated carbocycles. The molecule has 1 aromatic carbocycles. The van der Waals surface area contributed by atoms with E-state index in [-0.39, 0.29) is 17.9 Å². The second kappa shape index (κ2) is 7.79. The first kappa shape index (κ1) is 15.5. The molecule has 4 heteroatoms. The summed E-state index contributed by atoms with van der Waals surface area (Å²) in [6.45, 7) is 5.64. The first-order valence-corrected chi connectivity index (χ1v) is 6.68. The predicted octanol–water partition coefficient (Wildman–Crippen LogP) is 1.95. The molecule has 0 bridgehead atoms. The van der Waals surface area contributed by atoms with Crippen molar-refractivity contribution in [2.24, 2.45) is 11.1 Å². The van der Waals surface area contributed by atoms with E-state index in [2.05, 4.69) is 19.2 Å². The zero-order chi connectivity index (χ0) is 14.1. The van der Waals surface area contributed by atoms with E-state index in [9.17, 15) is 4.79 Å². The van der Waals surface area contributed by atoms with E-state index in [4.69, 9.17) is 10.5 Å². The summed E-state index contributed by atoms with van der Waals surface area (Å²) in [6, 6.07) is 9.33. The summed E-state index contributed by atoms with van der Waals surface area (Å²) in [5.41, 5.74) is 5.57. The molecule has 0 unspecified atom stereocenters. The maximum absolute atomic E-state index is 11.7. The first-order chi connectivity index (χ1) is 9.03. The van der Waals surface area contributed by atoms with Gasteiger partial charge in [0, 0.05) is 6.54 Å². The van der Waals surface area contributed by atoms with Crippen molar-refractivity contribution in [2.75, 3.05) is 19.7 Å². The van der Waals surface area contributed by atoms with Crippen LogP contribution in [0.3, 0.4) is 0 Å². The molecule has 0 fully saturated rings. The van der Waals surface area contributed by atoms with Crippen LogP contribution in [0.2, 0.25) is 0 Å². The third kappa shape index (κ3) is 6.82. The molecule has 3 N–H and O–H groups in total. The Morgan fingerprint density at radius 3 is 2.63 bits per heavy atom. The number of carbonyl (C=O) groups excluding carboxylic acids is 1. The standard InChI is InChI=1S/C15H24N2O2/c1-15(2,9-6-10-16)12-17-14(18)11-19-13-7-4-3-5-8-13/h3-5,7-8H,6,9-12,16H2,1-2H3,(H,17,18). The summed E-state index contributed by atoms with van der Waals surface area (Å²) in [5.74, 6) is 0.615. The molecule has 1 aromatic rings. The van der Waals surface area contributed by atoms with Crippen molar-refractivity contribution in [3.05, 3.63) is 30.3 Å². The number of carbonyl (C=O) groups is 1. The Hall–Kier alpha value is -1.55. The summed E-state index contributed by atoms with van der Waals surface area (Å²) in [4.78, 5) is 11.7. The Balaban J connectivity index is 2.24. The molecule has 0 aliphatic carbocycles. The van der Waals surface area contributed by atoms with E-state index in [1.54, 1.807) is 0 Å². The van der Waals surface area contributed by atoms with Crippen LogP contribution in [0, 0.1) is 5.41 Å². The van der Waals surface area contributed by atoms with Crippen LogP contribution in [0.15, 0.2) is 30.3 Å². The van der Waals surface area contributed by atoms with Gasteiger partial charge < -0.3 is 15.8 Å². The predicted molar refractivity (Wildman–Crippen MR) is 77.0 cm³/mol. The van der Waals surface area contributed by atoms with Gasteiger partial charge in [-0.1, -0.05) is 32.0 Å². The average Bonchev–Trinajstić information content (AvgIpc) is 2.42. The highest BCUT2D eigenvalue weighted by molar-refractivity contribution is 5.77. The minimum absolute atomic E-state index is 0.0526. The Morgan fingerprint density at radius 1 is 1.32 bits per heavy atom. The fourth-order valence-electron chi connectivity index (χ4n) is 1.72. The van der Waals surface area contributed by atoms with Crippen molar-refractivity contribution < 1.29 is 9.53 Å². The summed E-state index contributed by atoms with van der Waals surface area (Å²) < 4.78 is 5.38. The lowest BCUT2D eigenvalue weighted by atomic mass is 9.88. The van der Waals surface area contributed by atoms with Gasteiger partial charge in [0.05, 0.1) is 0 Å². The number of nitrogens with one attached hydrogen (secondary N) is 1. The van der Waals surface area contributed by atoms with E-state index in [1.165, 1.54) is 0 Å². The lowest BCUT2D eigenvalue weighted by Crippen LogP contribution is -2.37. The van der Waals surface area contributed by atoms with E-state index >= 15 is 0 Å². The smallest absolute Gasteiger partial charge is 0.257 e. The molecule has 0 spiro atoms. The zero-order valence-corrected chi connectivity index (χ0v) is 11.8. The normalized spacial score (nSPS) is 11.1. The molecule has 19 heavy (non-hydrogen) atoms. The highest BCUT2D eigenvalue weighted by atomic mass is 16.5. The summed E-state index contributed by atoms with van der Waals surface area (Å²) in [6.07, 6.45) is 1.98. The van der Waals surface area contributed by atoms with Crippen molar-refractivity contribution in [1.82, 2.24) is 5.32 Å². The molecule has 0 aliphatic rings. The minimum Gasteiger partial charge on any atom is -0.484 e. The number of amides is 1. The van der Waals surface area contributed by atoms with E-state index in [1.807, 2.05) is 30.3 Å². The van der Waals surface area contributed by atoms with Crippen molar-refractivity contribution in [2.45, 2.75) is 26.7 Å². The van der Waals surface area contributed by atoms with Crippen LogP contribution in [-0.2, 0) is 4.79 Å². The number of ether oxygens (including phenoxy) is 1. The SMILES string of the molecule is CC(C)(CCCN)CNC(=O)COc1ccccc1. The molecule has 0 aromatic heterocycles. The molecular weight excluding hydrogens is 240 g/mol. The van der Waals surface area contributed by atoms with Crippen LogP contribution in [0.1, 0.15) is 26.7 Å². The number of hydrogen-bond donors (Lipinski definition) is 2. The zero-order valence-electron chi connectivity index (χ0n) is 11.8. The van der Waals surface area contributed by atoms with Crippen LogP contribution in [-0.4, -0.2) is 25.6 Å². The molecule has 0 saturated heterocycles. The lowest BCUT2D eigenvalue weighted by Gasteiger charge is -2.24. The minimum atomic E-state index is -0.0929. The van der Waals surface area contributed by atoms with Gasteiger partial charge in [-0.25, -0.2) is 0 Å². The number of hydrogen-bond acceptors (Lipinski definition) is 3. The number of rotatable bonds is 8. The molecule has 106 valence electrons. The summed E-state index contributed by atoms with van der Waals surface area (Å²) in [7, 11) is 0. The van der Waals surface area contributed by atoms with Gasteiger partial charge in [0.2, 0.25) is 0 Å². The Labute approximate surface area is 115 Å². The molecule has 0 radical (unpaired) electrons. The van der Waals surface area contributed by atoms with E-state index in [0.29, 0.717) is 18.8 Å². The topological polar surface area (TPSA) is 64.3 Å². The largest absolute Gasteiger partial charge is 0.484 e. The van der Waals surface area contributed by atoms with Crippen LogP contribution in [0.4, 0.5) is 0 Å². The third-order valence-corrected chi connectivity index (χ3v) is 2.93. The molecule has 1 amide bonds. The van der Waals surface area contributed by atoms with E-state index < -0.39 is 0 Å². The van der Waals surface area contributed by atoms with Gasteiger partial charge in [0.1, 0.15) is 5.75 Å². The second-order valence-electron chi connectivity index (χ2n) is 5.43. The van der Waals surface area contributed by atoms with Crippen molar-refractivity contribution in [1.29, 1.82) is 0 Å². The molecule has 4 nitrogen and oxygen atoms in total. The molecule has 0 aliphatic heterocycles. The molecule has 0 atom stereocenters. The van der Waals surface area contributed by atoms with Crippen molar-refractivity contribution in [3.8, 4) is 5.75 Å². The fraction of sp³-hybridized carbons (Fsp3) is 0.533. The fourth-order valence-corrected chi connectivity index (χ4v) is 1.72. The quantitative estimate of drug-likeness (QED) is 0.754. The molecule has 1 rings (SSSR count). The van der Waals surface area contributed by atoms with Gasteiger partial charge in [-0.05, 0) is 36.9 Å². The van der Waals surface area contributed by atoms with Crippen molar-refractivity contribution in [3.63, 3.8) is 0 Å². The monoisotopic (exact) mass is 264 g/mol. The number of nitrogens with two attached hydrogens (primary N) is 1. The van der Waals surface area contributed by atoms with Crippen molar-refractivity contribution >= 4 is 5.91 Å². The Morgan fingerprint density at radius 2 is 2.00 bits per heavy atom. The van der Waals surface area contributed by atoms with Crippen LogP contribution < -0.4 is 15.8 Å². The van der Waals surface area contributed by atoms with Crippen LogP contribution >= 0.6 is 0 Å². The number of para-hydroxylation sites is 1. The van der Waals surface area contributed by atoms with Gasteiger partial charge in [-0.15, -0.1) is 0 Å². The van der Waals surface area contributed by atoms with Gasteiger partial charge in [-0.3, -0.25) is 4.79 Å². The summed E-state index contributed by atoms with van der Waals surface area (Å²) >= 11 is 0. The highest BCUT2D eigenvalue weighted by Crippen LogP contribution is 2.20. The lowest BCUT2D eigenvalue weighted by molar-refractivity contribution is -0.123. The van der Waals surface area contributed by atoms with E-state index in [0.717, 1.165) is 12.8 Å². The highest BCUT2D eigenvalue weighted by Gasteiger charge is 2.18. The molecule has 0 heterocycles. The first-order valence-electron chi connectivity index (χ1n) is 6.68. The molecular formula is C15H24N2O2. The third-order valence-electron chi connectivity index (χ3n) is 2.93. The average molecular weight is 264 g/mol. The van der Waals surface area contributed by atoms with Gasteiger partial charge >= 0.3 is 0 Å². The van der Waals surface area contributed by atoms with Gasteiger partial charge in [0.25, 0.3) is 5.91 Å². The second-order valence-corrected chi connectivity index (χ2v) is 5.43. The van der Waals surface area contributed by atoms with Crippen LogP contribution in [0.5, 0.6) is 5.75 Å². The Bertz CT molecular complexity index is 377. The maximum atomic E-state index is 11.7. The number of benzene rings is 1. The van der Waals surface area contributed by atoms with Gasteiger partial charge in [-0.2, -0.15) is 0 Å². The van der Waals surface area contributed by atoms with Gasteiger partial charge in [0.15, 0.2) is 6.61 Å². The van der Waals surface area contributed by atoms with Crippen LogP contribution in [0.25, 0.3) is 0 Å². The maximum Gasteiger partial charge on any atom is 0.257 e.